The normalized spacial score (nSPS) is 13.8. The largest absolute Gasteiger partial charge is 0.497 e. The number of fused-ring (bicyclic) bond motifs is 3. The number of carbonyl (C=O) groups excluding carboxylic acids is 1. The number of aromatic nitrogens is 2. The number of carbonyl (C=O) groups is 1. The molecule has 0 spiro atoms. The monoisotopic (exact) mass is 500 g/mol. The van der Waals surface area contributed by atoms with Gasteiger partial charge in [-0.1, -0.05) is 53.6 Å². The van der Waals surface area contributed by atoms with E-state index in [0.29, 0.717) is 11.7 Å². The van der Waals surface area contributed by atoms with Gasteiger partial charge in [0.05, 0.1) is 12.6 Å². The zero-order valence-electron chi connectivity index (χ0n) is 20.5. The summed E-state index contributed by atoms with van der Waals surface area (Å²) >= 11 is 6.00. The first kappa shape index (κ1) is 24.1. The Morgan fingerprint density at radius 3 is 2.78 bits per heavy atom. The van der Waals surface area contributed by atoms with Gasteiger partial charge in [-0.25, -0.2) is 9.78 Å². The molecule has 6 nitrogen and oxygen atoms in total. The van der Waals surface area contributed by atoms with Gasteiger partial charge < -0.3 is 10.1 Å². The van der Waals surface area contributed by atoms with E-state index in [1.807, 2.05) is 28.8 Å². The Hall–Kier alpha value is -3.61. The zero-order valence-corrected chi connectivity index (χ0v) is 21.3. The van der Waals surface area contributed by atoms with Crippen molar-refractivity contribution < 1.29 is 9.53 Å². The molecule has 3 heterocycles. The second-order valence-corrected chi connectivity index (χ2v) is 9.47. The van der Waals surface area contributed by atoms with Gasteiger partial charge in [-0.2, -0.15) is 0 Å². The highest BCUT2D eigenvalue weighted by atomic mass is 35.5. The number of halogens is 1. The fraction of sp³-hybridized carbons (Fsp3) is 0.241. The SMILES string of the molecule is COc1ccc2c(c1)c1c(n2C(=O)NCc2ccnc(Cl)c2)CCN(C/C=C/c2ccc(C)cc2)C1. The third kappa shape index (κ3) is 5.15. The lowest BCUT2D eigenvalue weighted by molar-refractivity contribution is 0.240. The van der Waals surface area contributed by atoms with Crippen molar-refractivity contribution in [2.24, 2.45) is 0 Å². The van der Waals surface area contributed by atoms with Gasteiger partial charge in [-0.15, -0.1) is 0 Å². The second kappa shape index (κ2) is 10.6. The summed E-state index contributed by atoms with van der Waals surface area (Å²) in [4.78, 5) is 19.8. The minimum absolute atomic E-state index is 0.146. The van der Waals surface area contributed by atoms with E-state index in [4.69, 9.17) is 16.3 Å². The minimum atomic E-state index is -0.146. The molecule has 4 aromatic rings. The third-order valence-corrected chi connectivity index (χ3v) is 6.83. The Balaban J connectivity index is 1.38. The lowest BCUT2D eigenvalue weighted by Crippen LogP contribution is -2.34. The van der Waals surface area contributed by atoms with E-state index in [2.05, 4.69) is 58.5 Å². The van der Waals surface area contributed by atoms with E-state index in [1.54, 1.807) is 19.4 Å². The molecule has 5 rings (SSSR count). The highest BCUT2D eigenvalue weighted by Gasteiger charge is 2.26. The van der Waals surface area contributed by atoms with Crippen molar-refractivity contribution in [2.75, 3.05) is 20.2 Å². The van der Waals surface area contributed by atoms with Gasteiger partial charge >= 0.3 is 6.03 Å². The molecule has 0 unspecified atom stereocenters. The topological polar surface area (TPSA) is 59.4 Å². The number of amides is 1. The van der Waals surface area contributed by atoms with Crippen LogP contribution in [0.1, 0.15) is 27.9 Å². The first-order valence-electron chi connectivity index (χ1n) is 12.1. The summed E-state index contributed by atoms with van der Waals surface area (Å²) in [5, 5.41) is 4.51. The Labute approximate surface area is 216 Å². The molecular weight excluding hydrogens is 472 g/mol. The summed E-state index contributed by atoms with van der Waals surface area (Å²) in [7, 11) is 1.67. The molecule has 0 radical (unpaired) electrons. The van der Waals surface area contributed by atoms with Gasteiger partial charge in [0, 0.05) is 49.9 Å². The number of hydrogen-bond donors (Lipinski definition) is 1. The van der Waals surface area contributed by atoms with Crippen molar-refractivity contribution in [3.63, 3.8) is 0 Å². The first-order chi connectivity index (χ1) is 17.5. The molecule has 7 heteroatoms. The molecule has 0 saturated carbocycles. The number of methoxy groups -OCH3 is 1. The zero-order chi connectivity index (χ0) is 25.1. The Kier molecular flexibility index (Phi) is 7.07. The summed E-state index contributed by atoms with van der Waals surface area (Å²) in [5.41, 5.74) is 6.50. The Morgan fingerprint density at radius 1 is 1.17 bits per heavy atom. The number of ether oxygens (including phenoxy) is 1. The van der Waals surface area contributed by atoms with Crippen LogP contribution in [0.5, 0.6) is 5.75 Å². The number of aryl methyl sites for hydroxylation is 1. The Morgan fingerprint density at radius 2 is 2.00 bits per heavy atom. The molecule has 36 heavy (non-hydrogen) atoms. The summed E-state index contributed by atoms with van der Waals surface area (Å²) in [6.45, 7) is 4.98. The van der Waals surface area contributed by atoms with Crippen LogP contribution in [0.15, 0.2) is 66.9 Å². The quantitative estimate of drug-likeness (QED) is 0.338. The van der Waals surface area contributed by atoms with Crippen molar-refractivity contribution in [3.05, 3.63) is 100.0 Å². The summed E-state index contributed by atoms with van der Waals surface area (Å²) < 4.78 is 7.32. The fourth-order valence-corrected chi connectivity index (χ4v) is 4.93. The van der Waals surface area contributed by atoms with E-state index >= 15 is 0 Å². The maximum absolute atomic E-state index is 13.4. The molecule has 1 aliphatic rings. The number of rotatable bonds is 6. The van der Waals surface area contributed by atoms with Crippen LogP contribution in [0.4, 0.5) is 4.79 Å². The second-order valence-electron chi connectivity index (χ2n) is 9.09. The van der Waals surface area contributed by atoms with Crippen LogP contribution in [-0.2, 0) is 19.5 Å². The molecule has 0 saturated heterocycles. The number of benzene rings is 2. The predicted octanol–water partition coefficient (Wildman–Crippen LogP) is 5.84. The highest BCUT2D eigenvalue weighted by molar-refractivity contribution is 6.29. The molecule has 0 bridgehead atoms. The van der Waals surface area contributed by atoms with Crippen molar-refractivity contribution >= 4 is 34.6 Å². The van der Waals surface area contributed by atoms with E-state index in [9.17, 15) is 4.79 Å². The minimum Gasteiger partial charge on any atom is -0.497 e. The summed E-state index contributed by atoms with van der Waals surface area (Å²) in [6.07, 6.45) is 6.81. The Bertz CT molecular complexity index is 1430. The van der Waals surface area contributed by atoms with Crippen molar-refractivity contribution in [3.8, 4) is 5.75 Å². The maximum Gasteiger partial charge on any atom is 0.326 e. The molecule has 0 fully saturated rings. The molecule has 0 aliphatic carbocycles. The molecule has 1 amide bonds. The smallest absolute Gasteiger partial charge is 0.326 e. The van der Waals surface area contributed by atoms with Crippen LogP contribution in [0, 0.1) is 6.92 Å². The molecule has 1 N–H and O–H groups in total. The lowest BCUT2D eigenvalue weighted by atomic mass is 10.0. The summed E-state index contributed by atoms with van der Waals surface area (Å²) in [5.74, 6) is 0.783. The van der Waals surface area contributed by atoms with E-state index in [1.165, 1.54) is 16.7 Å². The van der Waals surface area contributed by atoms with Gasteiger partial charge in [-0.05, 0) is 53.9 Å². The van der Waals surface area contributed by atoms with Crippen molar-refractivity contribution in [2.45, 2.75) is 26.4 Å². The molecule has 2 aromatic carbocycles. The van der Waals surface area contributed by atoms with Crippen LogP contribution >= 0.6 is 11.6 Å². The number of hydrogen-bond acceptors (Lipinski definition) is 4. The van der Waals surface area contributed by atoms with Crippen LogP contribution in [-0.4, -0.2) is 40.7 Å². The number of nitrogens with zero attached hydrogens (tertiary/aromatic N) is 3. The van der Waals surface area contributed by atoms with Gasteiger partial charge in [0.2, 0.25) is 0 Å². The molecular formula is C29H29ClN4O2. The summed E-state index contributed by atoms with van der Waals surface area (Å²) in [6, 6.07) is 17.9. The molecule has 1 aliphatic heterocycles. The predicted molar refractivity (Wildman–Crippen MR) is 145 cm³/mol. The highest BCUT2D eigenvalue weighted by Crippen LogP contribution is 2.33. The third-order valence-electron chi connectivity index (χ3n) is 6.62. The first-order valence-corrected chi connectivity index (χ1v) is 12.4. The molecule has 0 atom stereocenters. The van der Waals surface area contributed by atoms with Crippen molar-refractivity contribution in [1.29, 1.82) is 0 Å². The lowest BCUT2D eigenvalue weighted by Gasteiger charge is -2.27. The van der Waals surface area contributed by atoms with E-state index in [-0.39, 0.29) is 6.03 Å². The van der Waals surface area contributed by atoms with Crippen molar-refractivity contribution in [1.82, 2.24) is 19.8 Å². The van der Waals surface area contributed by atoms with Crippen LogP contribution in [0.3, 0.4) is 0 Å². The van der Waals surface area contributed by atoms with Gasteiger partial charge in [0.1, 0.15) is 10.9 Å². The van der Waals surface area contributed by atoms with E-state index in [0.717, 1.165) is 54.0 Å². The van der Waals surface area contributed by atoms with Gasteiger partial charge in [0.25, 0.3) is 0 Å². The number of nitrogens with one attached hydrogen (secondary N) is 1. The van der Waals surface area contributed by atoms with Crippen LogP contribution in [0.2, 0.25) is 5.15 Å². The molecule has 2 aromatic heterocycles. The average Bonchev–Trinajstić information content (AvgIpc) is 3.21. The standard InChI is InChI=1S/C29H29ClN4O2/c1-20-5-7-21(8-6-20)4-3-14-33-15-12-27-25(19-33)24-17-23(36-2)9-10-26(24)34(27)29(35)32-18-22-11-13-31-28(30)16-22/h3-11,13,16-17H,12,14-15,18-19H2,1-2H3,(H,32,35)/b4-3+. The van der Waals surface area contributed by atoms with Gasteiger partial charge in [0.15, 0.2) is 0 Å². The van der Waals surface area contributed by atoms with Crippen LogP contribution in [0.25, 0.3) is 17.0 Å². The van der Waals surface area contributed by atoms with E-state index < -0.39 is 0 Å². The molecule has 184 valence electrons. The van der Waals surface area contributed by atoms with Gasteiger partial charge in [-0.3, -0.25) is 9.47 Å². The maximum atomic E-state index is 13.4. The average molecular weight is 501 g/mol. The fourth-order valence-electron chi connectivity index (χ4n) is 4.73. The number of pyridine rings is 1. The van der Waals surface area contributed by atoms with Crippen LogP contribution < -0.4 is 10.1 Å².